The van der Waals surface area contributed by atoms with E-state index in [-0.39, 0.29) is 0 Å². The van der Waals surface area contributed by atoms with Crippen molar-refractivity contribution in [2.24, 2.45) is 0 Å². The van der Waals surface area contributed by atoms with Crippen molar-refractivity contribution >= 4 is 34.0 Å². The normalized spacial score (nSPS) is 11.1. The minimum atomic E-state index is 0.545. The van der Waals surface area contributed by atoms with E-state index in [9.17, 15) is 0 Å². The molecule has 4 nitrogen and oxygen atoms in total. The number of nitrogens with one attached hydrogen (secondary N) is 1. The van der Waals surface area contributed by atoms with Crippen LogP contribution in [0.5, 0.6) is 0 Å². The van der Waals surface area contributed by atoms with Crippen molar-refractivity contribution in [3.05, 3.63) is 64.5 Å². The molecule has 0 saturated heterocycles. The maximum Gasteiger partial charge on any atom is 0.144 e. The Bertz CT molecular complexity index is 930. The lowest BCUT2D eigenvalue weighted by Gasteiger charge is -1.96. The zero-order chi connectivity index (χ0) is 14.9. The summed E-state index contributed by atoms with van der Waals surface area (Å²) < 4.78 is 0. The topological polar surface area (TPSA) is 54.5 Å². The van der Waals surface area contributed by atoms with Crippen molar-refractivity contribution < 1.29 is 0 Å². The fraction of sp³-hybridized carbons (Fsp3) is 0.0625. The predicted octanol–water partition coefficient (Wildman–Crippen LogP) is 4.33. The van der Waals surface area contributed by atoms with Gasteiger partial charge < -0.3 is 4.98 Å². The first-order valence-corrected chi connectivity index (χ1v) is 7.98. The van der Waals surface area contributed by atoms with E-state index in [1.807, 2.05) is 30.5 Å². The Morgan fingerprint density at radius 1 is 1.09 bits per heavy atom. The maximum absolute atomic E-state index is 6.31. The fourth-order valence-electron chi connectivity index (χ4n) is 2.37. The number of pyridine rings is 2. The fourth-order valence-corrected chi connectivity index (χ4v) is 3.64. The van der Waals surface area contributed by atoms with E-state index in [0.717, 1.165) is 33.0 Å². The summed E-state index contributed by atoms with van der Waals surface area (Å²) in [6.07, 6.45) is 6.25. The number of fused-ring (bicyclic) bond motifs is 1. The molecule has 108 valence electrons. The van der Waals surface area contributed by atoms with Crippen LogP contribution in [0.4, 0.5) is 0 Å². The molecule has 0 bridgehead atoms. The van der Waals surface area contributed by atoms with E-state index in [2.05, 4.69) is 26.0 Å². The van der Waals surface area contributed by atoms with E-state index < -0.39 is 0 Å². The van der Waals surface area contributed by atoms with Crippen LogP contribution in [0.15, 0.2) is 48.9 Å². The van der Waals surface area contributed by atoms with Gasteiger partial charge in [-0.2, -0.15) is 0 Å². The van der Waals surface area contributed by atoms with Crippen LogP contribution in [-0.4, -0.2) is 19.9 Å². The van der Waals surface area contributed by atoms with Gasteiger partial charge in [0.1, 0.15) is 15.8 Å². The molecule has 1 N–H and O–H groups in total. The monoisotopic (exact) mass is 326 g/mol. The number of aromatic nitrogens is 4. The molecule has 0 amide bonds. The molecule has 4 aromatic heterocycles. The molecular weight excluding hydrogens is 316 g/mol. The van der Waals surface area contributed by atoms with Gasteiger partial charge in [0.05, 0.1) is 5.69 Å². The Morgan fingerprint density at radius 2 is 2.00 bits per heavy atom. The Balaban J connectivity index is 1.70. The summed E-state index contributed by atoms with van der Waals surface area (Å²) in [5.41, 5.74) is 2.91. The van der Waals surface area contributed by atoms with Gasteiger partial charge >= 0.3 is 0 Å². The molecule has 0 saturated carbocycles. The standard InChI is InChI=1S/C16H11ClN4S/c17-14-13(22-16(21-14)12-5-1-2-6-18-12)8-10-9-20-15-11(10)4-3-7-19-15/h1-7,9H,8H2,(H,19,20). The van der Waals surface area contributed by atoms with Gasteiger partial charge in [0.25, 0.3) is 0 Å². The minimum Gasteiger partial charge on any atom is -0.346 e. The number of aromatic amines is 1. The molecule has 0 spiro atoms. The summed E-state index contributed by atoms with van der Waals surface area (Å²) in [6, 6.07) is 9.77. The Morgan fingerprint density at radius 3 is 2.86 bits per heavy atom. The van der Waals surface area contributed by atoms with Crippen molar-refractivity contribution in [3.63, 3.8) is 0 Å². The second-order valence-corrected chi connectivity index (χ2v) is 6.28. The summed E-state index contributed by atoms with van der Waals surface area (Å²) in [7, 11) is 0. The number of thiazole rings is 1. The van der Waals surface area contributed by atoms with E-state index >= 15 is 0 Å². The first-order valence-electron chi connectivity index (χ1n) is 6.79. The van der Waals surface area contributed by atoms with Crippen LogP contribution in [-0.2, 0) is 6.42 Å². The molecule has 0 atom stereocenters. The second kappa shape index (κ2) is 5.51. The predicted molar refractivity (Wildman–Crippen MR) is 89.3 cm³/mol. The number of H-pyrrole nitrogens is 1. The molecule has 0 aliphatic rings. The number of hydrogen-bond donors (Lipinski definition) is 1. The summed E-state index contributed by atoms with van der Waals surface area (Å²) in [6.45, 7) is 0. The molecule has 4 aromatic rings. The van der Waals surface area contributed by atoms with Crippen LogP contribution in [0.25, 0.3) is 21.7 Å². The Hall–Kier alpha value is -2.24. The first kappa shape index (κ1) is 13.4. The van der Waals surface area contributed by atoms with Crippen molar-refractivity contribution in [1.82, 2.24) is 19.9 Å². The number of hydrogen-bond acceptors (Lipinski definition) is 4. The van der Waals surface area contributed by atoms with Gasteiger partial charge in [-0.05, 0) is 29.8 Å². The molecule has 0 radical (unpaired) electrons. The van der Waals surface area contributed by atoms with Gasteiger partial charge in [0.15, 0.2) is 0 Å². The van der Waals surface area contributed by atoms with Crippen LogP contribution in [0.1, 0.15) is 10.4 Å². The molecular formula is C16H11ClN4S. The minimum absolute atomic E-state index is 0.545. The largest absolute Gasteiger partial charge is 0.346 e. The van der Waals surface area contributed by atoms with E-state index in [1.54, 1.807) is 23.7 Å². The highest BCUT2D eigenvalue weighted by atomic mass is 35.5. The van der Waals surface area contributed by atoms with Crippen molar-refractivity contribution in [2.45, 2.75) is 6.42 Å². The van der Waals surface area contributed by atoms with Gasteiger partial charge in [0.2, 0.25) is 0 Å². The molecule has 4 heterocycles. The lowest BCUT2D eigenvalue weighted by Crippen LogP contribution is -1.83. The lowest BCUT2D eigenvalue weighted by molar-refractivity contribution is 1.22. The van der Waals surface area contributed by atoms with Gasteiger partial charge in [-0.1, -0.05) is 17.7 Å². The number of nitrogens with zero attached hydrogens (tertiary/aromatic N) is 3. The SMILES string of the molecule is Clc1nc(-c2ccccn2)sc1Cc1c[nH]c2ncccc12. The molecule has 6 heteroatoms. The molecule has 0 aromatic carbocycles. The Labute approximate surface area is 135 Å². The van der Waals surface area contributed by atoms with E-state index in [0.29, 0.717) is 5.15 Å². The molecule has 0 aliphatic carbocycles. The van der Waals surface area contributed by atoms with Crippen molar-refractivity contribution in [1.29, 1.82) is 0 Å². The van der Waals surface area contributed by atoms with Gasteiger partial charge in [0, 0.05) is 35.3 Å². The third kappa shape index (κ3) is 2.38. The smallest absolute Gasteiger partial charge is 0.144 e. The molecule has 0 fully saturated rings. The summed E-state index contributed by atoms with van der Waals surface area (Å²) in [5, 5.41) is 2.51. The number of rotatable bonds is 3. The highest BCUT2D eigenvalue weighted by Crippen LogP contribution is 2.32. The third-order valence-electron chi connectivity index (χ3n) is 3.42. The molecule has 0 unspecified atom stereocenters. The van der Waals surface area contributed by atoms with Crippen molar-refractivity contribution in [2.75, 3.05) is 0 Å². The van der Waals surface area contributed by atoms with Crippen LogP contribution in [0.3, 0.4) is 0 Å². The Kier molecular flexibility index (Phi) is 3.36. The van der Waals surface area contributed by atoms with Gasteiger partial charge in [-0.25, -0.2) is 9.97 Å². The van der Waals surface area contributed by atoms with Crippen LogP contribution in [0, 0.1) is 0 Å². The van der Waals surface area contributed by atoms with E-state index in [4.69, 9.17) is 11.6 Å². The molecule has 4 rings (SSSR count). The quantitative estimate of drug-likeness (QED) is 0.609. The molecule has 0 aliphatic heterocycles. The summed E-state index contributed by atoms with van der Waals surface area (Å²) in [5.74, 6) is 0. The zero-order valence-electron chi connectivity index (χ0n) is 11.5. The van der Waals surface area contributed by atoms with Crippen molar-refractivity contribution in [3.8, 4) is 10.7 Å². The van der Waals surface area contributed by atoms with Gasteiger partial charge in [-0.3, -0.25) is 4.98 Å². The highest BCUT2D eigenvalue weighted by Gasteiger charge is 2.14. The summed E-state index contributed by atoms with van der Waals surface area (Å²) in [4.78, 5) is 17.3. The molecule has 22 heavy (non-hydrogen) atoms. The maximum atomic E-state index is 6.31. The van der Waals surface area contributed by atoms with Crippen LogP contribution in [0.2, 0.25) is 5.15 Å². The average Bonchev–Trinajstić information content (AvgIpc) is 3.13. The van der Waals surface area contributed by atoms with E-state index in [1.165, 1.54) is 5.56 Å². The lowest BCUT2D eigenvalue weighted by atomic mass is 10.1. The van der Waals surface area contributed by atoms with Crippen LogP contribution < -0.4 is 0 Å². The van der Waals surface area contributed by atoms with Crippen LogP contribution >= 0.6 is 22.9 Å². The summed E-state index contributed by atoms with van der Waals surface area (Å²) >= 11 is 7.89. The first-order chi connectivity index (χ1) is 10.8. The highest BCUT2D eigenvalue weighted by molar-refractivity contribution is 7.15. The zero-order valence-corrected chi connectivity index (χ0v) is 13.0. The third-order valence-corrected chi connectivity index (χ3v) is 4.92. The number of halogens is 1. The van der Waals surface area contributed by atoms with Gasteiger partial charge in [-0.15, -0.1) is 11.3 Å². The second-order valence-electron chi connectivity index (χ2n) is 4.84. The average molecular weight is 327 g/mol.